The number of nitrogens with zero attached hydrogens (tertiary/aromatic N) is 2. The molecule has 0 saturated carbocycles. The van der Waals surface area contributed by atoms with Crippen molar-refractivity contribution in [2.24, 2.45) is 5.92 Å². The van der Waals surface area contributed by atoms with Gasteiger partial charge in [-0.25, -0.2) is 0 Å². The molecule has 1 aromatic carbocycles. The molecule has 112 valence electrons. The number of hydrogen-bond acceptors (Lipinski definition) is 5. The van der Waals surface area contributed by atoms with Crippen molar-refractivity contribution in [2.45, 2.75) is 33.6 Å². The highest BCUT2D eigenvalue weighted by Gasteiger charge is 2.14. The number of carbonyl (C=O) groups is 1. The largest absolute Gasteiger partial charge is 0.494 e. The van der Waals surface area contributed by atoms with Gasteiger partial charge in [-0.05, 0) is 25.0 Å². The molecule has 0 radical (unpaired) electrons. The lowest BCUT2D eigenvalue weighted by Gasteiger charge is -2.03. The van der Waals surface area contributed by atoms with Gasteiger partial charge in [0.05, 0.1) is 13.0 Å². The van der Waals surface area contributed by atoms with Gasteiger partial charge in [-0.1, -0.05) is 31.1 Å². The molecule has 5 heteroatoms. The zero-order valence-electron chi connectivity index (χ0n) is 12.6. The van der Waals surface area contributed by atoms with Crippen molar-refractivity contribution in [1.29, 1.82) is 0 Å². The molecule has 1 heterocycles. The van der Waals surface area contributed by atoms with Crippen LogP contribution in [-0.2, 0) is 11.2 Å². The molecule has 0 aliphatic carbocycles. The number of benzene rings is 1. The van der Waals surface area contributed by atoms with E-state index in [1.165, 1.54) is 0 Å². The maximum absolute atomic E-state index is 11.8. The van der Waals surface area contributed by atoms with Crippen LogP contribution >= 0.6 is 0 Å². The van der Waals surface area contributed by atoms with Crippen molar-refractivity contribution in [1.82, 2.24) is 10.1 Å². The Bertz CT molecular complexity index is 605. The summed E-state index contributed by atoms with van der Waals surface area (Å²) >= 11 is 0. The van der Waals surface area contributed by atoms with Crippen molar-refractivity contribution in [3.63, 3.8) is 0 Å². The van der Waals surface area contributed by atoms with Gasteiger partial charge in [0.25, 0.3) is 0 Å². The number of Topliss-reactive ketones (excluding diaryl/α,β-unsaturated/α-hetero) is 1. The minimum atomic E-state index is 0.114. The van der Waals surface area contributed by atoms with E-state index < -0.39 is 0 Å². The van der Waals surface area contributed by atoms with Gasteiger partial charge in [-0.2, -0.15) is 4.98 Å². The van der Waals surface area contributed by atoms with Crippen LogP contribution in [0.3, 0.4) is 0 Å². The first kappa shape index (κ1) is 15.2. The standard InChI is InChI=1S/C16H20N2O3/c1-4-20-14-7-5-6-12(9-14)16-17-15(21-18-16)10-13(19)8-11(2)3/h5-7,9,11H,4,8,10H2,1-3H3. The van der Waals surface area contributed by atoms with E-state index in [0.717, 1.165) is 11.3 Å². The normalized spacial score (nSPS) is 10.9. The Labute approximate surface area is 124 Å². The fourth-order valence-corrected chi connectivity index (χ4v) is 2.03. The van der Waals surface area contributed by atoms with Crippen LogP contribution in [0.5, 0.6) is 5.75 Å². The van der Waals surface area contributed by atoms with Gasteiger partial charge in [-0.3, -0.25) is 4.79 Å². The molecule has 0 saturated heterocycles. The van der Waals surface area contributed by atoms with Crippen LogP contribution < -0.4 is 4.74 Å². The topological polar surface area (TPSA) is 65.2 Å². The number of hydrogen-bond donors (Lipinski definition) is 0. The summed E-state index contributed by atoms with van der Waals surface area (Å²) in [6, 6.07) is 7.49. The van der Waals surface area contributed by atoms with Gasteiger partial charge < -0.3 is 9.26 Å². The minimum absolute atomic E-state index is 0.114. The van der Waals surface area contributed by atoms with Crippen molar-refractivity contribution >= 4 is 5.78 Å². The molecule has 0 aliphatic heterocycles. The third kappa shape index (κ3) is 4.41. The van der Waals surface area contributed by atoms with E-state index in [4.69, 9.17) is 9.26 Å². The third-order valence-corrected chi connectivity index (χ3v) is 2.86. The summed E-state index contributed by atoms with van der Waals surface area (Å²) in [7, 11) is 0. The monoisotopic (exact) mass is 288 g/mol. The maximum Gasteiger partial charge on any atom is 0.234 e. The summed E-state index contributed by atoms with van der Waals surface area (Å²) in [6.45, 7) is 6.55. The second-order valence-corrected chi connectivity index (χ2v) is 5.29. The fourth-order valence-electron chi connectivity index (χ4n) is 2.03. The average Bonchev–Trinajstić information content (AvgIpc) is 2.87. The Morgan fingerprint density at radius 3 is 2.90 bits per heavy atom. The zero-order chi connectivity index (χ0) is 15.2. The van der Waals surface area contributed by atoms with Gasteiger partial charge in [-0.15, -0.1) is 0 Å². The Kier molecular flexibility index (Phi) is 5.09. The molecule has 0 N–H and O–H groups in total. The summed E-state index contributed by atoms with van der Waals surface area (Å²) in [4.78, 5) is 16.0. The van der Waals surface area contributed by atoms with Gasteiger partial charge >= 0.3 is 0 Å². The van der Waals surface area contributed by atoms with E-state index in [0.29, 0.717) is 30.7 Å². The molecule has 2 rings (SSSR count). The van der Waals surface area contributed by atoms with Crippen molar-refractivity contribution < 1.29 is 14.1 Å². The highest BCUT2D eigenvalue weighted by Crippen LogP contribution is 2.21. The van der Waals surface area contributed by atoms with E-state index in [1.807, 2.05) is 45.0 Å². The average molecular weight is 288 g/mol. The lowest BCUT2D eigenvalue weighted by Crippen LogP contribution is -2.06. The molecule has 0 fully saturated rings. The molecule has 0 spiro atoms. The Morgan fingerprint density at radius 1 is 1.38 bits per heavy atom. The van der Waals surface area contributed by atoms with Crippen LogP contribution in [0.25, 0.3) is 11.4 Å². The third-order valence-electron chi connectivity index (χ3n) is 2.86. The van der Waals surface area contributed by atoms with Gasteiger partial charge in [0.2, 0.25) is 11.7 Å². The van der Waals surface area contributed by atoms with Crippen LogP contribution in [0.1, 0.15) is 33.1 Å². The van der Waals surface area contributed by atoms with Crippen molar-refractivity contribution in [3.05, 3.63) is 30.2 Å². The lowest BCUT2D eigenvalue weighted by molar-refractivity contribution is -0.119. The Hall–Kier alpha value is -2.17. The van der Waals surface area contributed by atoms with Crippen LogP contribution in [0.15, 0.2) is 28.8 Å². The first-order valence-corrected chi connectivity index (χ1v) is 7.16. The zero-order valence-corrected chi connectivity index (χ0v) is 12.6. The van der Waals surface area contributed by atoms with Gasteiger partial charge in [0, 0.05) is 12.0 Å². The molecule has 2 aromatic rings. The van der Waals surface area contributed by atoms with Crippen LogP contribution in [0, 0.1) is 5.92 Å². The number of aromatic nitrogens is 2. The quantitative estimate of drug-likeness (QED) is 0.782. The SMILES string of the molecule is CCOc1cccc(-c2noc(CC(=O)CC(C)C)n2)c1. The number of rotatable bonds is 7. The van der Waals surface area contributed by atoms with Gasteiger partial charge in [0.15, 0.2) is 0 Å². The fraction of sp³-hybridized carbons (Fsp3) is 0.438. The van der Waals surface area contributed by atoms with E-state index in [9.17, 15) is 4.79 Å². The number of carbonyl (C=O) groups excluding carboxylic acids is 1. The molecular weight excluding hydrogens is 268 g/mol. The Morgan fingerprint density at radius 2 is 2.19 bits per heavy atom. The molecule has 0 bridgehead atoms. The van der Waals surface area contributed by atoms with Crippen molar-refractivity contribution in [3.8, 4) is 17.1 Å². The second kappa shape index (κ2) is 7.02. The van der Waals surface area contributed by atoms with E-state index >= 15 is 0 Å². The van der Waals surface area contributed by atoms with Crippen LogP contribution in [-0.4, -0.2) is 22.5 Å². The first-order chi connectivity index (χ1) is 10.1. The number of ether oxygens (including phenoxy) is 1. The molecule has 5 nitrogen and oxygen atoms in total. The minimum Gasteiger partial charge on any atom is -0.494 e. The Balaban J connectivity index is 2.09. The second-order valence-electron chi connectivity index (χ2n) is 5.29. The number of ketones is 1. The van der Waals surface area contributed by atoms with Crippen LogP contribution in [0.4, 0.5) is 0 Å². The van der Waals surface area contributed by atoms with Crippen LogP contribution in [0.2, 0.25) is 0 Å². The predicted octanol–water partition coefficient (Wildman–Crippen LogP) is 3.29. The van der Waals surface area contributed by atoms with E-state index in [2.05, 4.69) is 10.1 Å². The summed E-state index contributed by atoms with van der Waals surface area (Å²) < 4.78 is 10.6. The lowest BCUT2D eigenvalue weighted by atomic mass is 10.1. The maximum atomic E-state index is 11.8. The van der Waals surface area contributed by atoms with E-state index in [1.54, 1.807) is 0 Å². The summed E-state index contributed by atoms with van der Waals surface area (Å²) in [5, 5.41) is 3.93. The van der Waals surface area contributed by atoms with Gasteiger partial charge in [0.1, 0.15) is 11.5 Å². The highest BCUT2D eigenvalue weighted by molar-refractivity contribution is 5.80. The molecule has 0 amide bonds. The smallest absolute Gasteiger partial charge is 0.234 e. The summed E-state index contributed by atoms with van der Waals surface area (Å²) in [5.41, 5.74) is 0.812. The predicted molar refractivity (Wildman–Crippen MR) is 79.1 cm³/mol. The summed E-state index contributed by atoms with van der Waals surface area (Å²) in [6.07, 6.45) is 0.716. The van der Waals surface area contributed by atoms with Crippen molar-refractivity contribution in [2.75, 3.05) is 6.61 Å². The molecular formula is C16H20N2O3. The molecule has 0 unspecified atom stereocenters. The summed E-state index contributed by atoms with van der Waals surface area (Å²) in [5.74, 6) is 2.05. The first-order valence-electron chi connectivity index (χ1n) is 7.16. The molecule has 21 heavy (non-hydrogen) atoms. The molecule has 1 aromatic heterocycles. The van der Waals surface area contributed by atoms with E-state index in [-0.39, 0.29) is 12.2 Å². The highest BCUT2D eigenvalue weighted by atomic mass is 16.5. The molecule has 0 aliphatic rings. The molecule has 0 atom stereocenters.